The van der Waals surface area contributed by atoms with E-state index >= 15 is 0 Å². The summed E-state index contributed by atoms with van der Waals surface area (Å²) in [6.45, 7) is 2.81. The van der Waals surface area contributed by atoms with Crippen molar-refractivity contribution in [3.05, 3.63) is 59.7 Å². The number of halogens is 2. The van der Waals surface area contributed by atoms with E-state index in [2.05, 4.69) is 10.6 Å². The van der Waals surface area contributed by atoms with Crippen LogP contribution in [-0.4, -0.2) is 11.8 Å². The van der Waals surface area contributed by atoms with Gasteiger partial charge in [0.25, 0.3) is 0 Å². The van der Waals surface area contributed by atoms with E-state index < -0.39 is 28.9 Å². The Kier molecular flexibility index (Phi) is 5.13. The highest BCUT2D eigenvalue weighted by Gasteiger charge is 2.36. The van der Waals surface area contributed by atoms with Crippen molar-refractivity contribution in [2.24, 2.45) is 5.41 Å². The third-order valence-corrected chi connectivity index (χ3v) is 3.58. The third-order valence-electron chi connectivity index (χ3n) is 3.58. The average Bonchev–Trinajstić information content (AvgIpc) is 2.58. The van der Waals surface area contributed by atoms with Gasteiger partial charge in [0.1, 0.15) is 5.41 Å². The Morgan fingerprint density at radius 2 is 1.44 bits per heavy atom. The maximum Gasteiger partial charge on any atom is 0.239 e. The lowest BCUT2D eigenvalue weighted by atomic mass is 9.90. The first kappa shape index (κ1) is 18.1. The van der Waals surface area contributed by atoms with Crippen LogP contribution in [-0.2, 0) is 9.59 Å². The number of benzene rings is 2. The summed E-state index contributed by atoms with van der Waals surface area (Å²) < 4.78 is 26.1. The molecular weight excluding hydrogens is 328 g/mol. The highest BCUT2D eigenvalue weighted by atomic mass is 19.2. The highest BCUT2D eigenvalue weighted by molar-refractivity contribution is 6.13. The fourth-order valence-electron chi connectivity index (χ4n) is 1.88. The molecular formula is C18H15F2N3O2. The first-order valence-corrected chi connectivity index (χ1v) is 7.32. The molecule has 0 aromatic heterocycles. The number of rotatable bonds is 4. The lowest BCUT2D eigenvalue weighted by Crippen LogP contribution is -2.41. The third kappa shape index (κ3) is 4.18. The molecule has 5 nitrogen and oxygen atoms in total. The zero-order valence-corrected chi connectivity index (χ0v) is 13.6. The molecule has 128 valence electrons. The first-order chi connectivity index (χ1) is 11.7. The summed E-state index contributed by atoms with van der Waals surface area (Å²) in [7, 11) is 0. The van der Waals surface area contributed by atoms with Gasteiger partial charge in [-0.2, -0.15) is 5.26 Å². The summed E-state index contributed by atoms with van der Waals surface area (Å²) in [4.78, 5) is 24.7. The summed E-state index contributed by atoms with van der Waals surface area (Å²) in [6.07, 6.45) is 0. The first-order valence-electron chi connectivity index (χ1n) is 7.32. The van der Waals surface area contributed by atoms with Gasteiger partial charge in [-0.1, -0.05) is 0 Å². The molecule has 0 radical (unpaired) electrons. The number of carbonyl (C=O) groups is 2. The SMILES string of the molecule is CC(C)(C(=O)Nc1ccc(C#N)cc1)C(=O)Nc1ccc(F)c(F)c1. The van der Waals surface area contributed by atoms with Crippen LogP contribution < -0.4 is 10.6 Å². The number of carbonyl (C=O) groups excluding carboxylic acids is 2. The molecule has 0 spiro atoms. The molecule has 0 saturated carbocycles. The van der Waals surface area contributed by atoms with Gasteiger partial charge in [0.15, 0.2) is 11.6 Å². The molecule has 0 heterocycles. The van der Waals surface area contributed by atoms with E-state index in [9.17, 15) is 18.4 Å². The molecule has 0 unspecified atom stereocenters. The van der Waals surface area contributed by atoms with Gasteiger partial charge < -0.3 is 10.6 Å². The van der Waals surface area contributed by atoms with Gasteiger partial charge in [0, 0.05) is 17.4 Å². The molecule has 0 fully saturated rings. The Bertz CT molecular complexity index is 856. The van der Waals surface area contributed by atoms with Crippen LogP contribution in [0.2, 0.25) is 0 Å². The number of amides is 2. The quantitative estimate of drug-likeness (QED) is 0.834. The van der Waals surface area contributed by atoms with Crippen molar-refractivity contribution < 1.29 is 18.4 Å². The lowest BCUT2D eigenvalue weighted by molar-refractivity contribution is -0.135. The van der Waals surface area contributed by atoms with E-state index in [1.54, 1.807) is 12.1 Å². The van der Waals surface area contributed by atoms with Crippen LogP contribution in [0.3, 0.4) is 0 Å². The smallest absolute Gasteiger partial charge is 0.239 e. The van der Waals surface area contributed by atoms with E-state index in [-0.39, 0.29) is 5.69 Å². The topological polar surface area (TPSA) is 82.0 Å². The molecule has 0 aliphatic rings. The molecule has 2 aromatic carbocycles. The second-order valence-electron chi connectivity index (χ2n) is 5.85. The monoisotopic (exact) mass is 343 g/mol. The van der Waals surface area contributed by atoms with Gasteiger partial charge >= 0.3 is 0 Å². The fourth-order valence-corrected chi connectivity index (χ4v) is 1.88. The molecule has 0 bridgehead atoms. The molecule has 0 aliphatic heterocycles. The largest absolute Gasteiger partial charge is 0.325 e. The zero-order chi connectivity index (χ0) is 18.6. The Morgan fingerprint density at radius 1 is 0.920 bits per heavy atom. The predicted octanol–water partition coefficient (Wildman–Crippen LogP) is 3.44. The van der Waals surface area contributed by atoms with Crippen molar-refractivity contribution in [1.29, 1.82) is 5.26 Å². The van der Waals surface area contributed by atoms with E-state index in [0.29, 0.717) is 11.3 Å². The van der Waals surface area contributed by atoms with Crippen molar-refractivity contribution in [2.45, 2.75) is 13.8 Å². The van der Waals surface area contributed by atoms with Crippen LogP contribution in [0, 0.1) is 28.4 Å². The van der Waals surface area contributed by atoms with Crippen LogP contribution in [0.1, 0.15) is 19.4 Å². The van der Waals surface area contributed by atoms with Gasteiger partial charge in [-0.3, -0.25) is 9.59 Å². The number of hydrogen-bond donors (Lipinski definition) is 2. The van der Waals surface area contributed by atoms with E-state index in [4.69, 9.17) is 5.26 Å². The summed E-state index contributed by atoms with van der Waals surface area (Å²) in [5, 5.41) is 13.7. The molecule has 0 saturated heterocycles. The van der Waals surface area contributed by atoms with E-state index in [1.807, 2.05) is 6.07 Å². The van der Waals surface area contributed by atoms with Crippen LogP contribution in [0.25, 0.3) is 0 Å². The van der Waals surface area contributed by atoms with Gasteiger partial charge in [-0.25, -0.2) is 8.78 Å². The summed E-state index contributed by atoms with van der Waals surface area (Å²) >= 11 is 0. The van der Waals surface area contributed by atoms with Crippen molar-refractivity contribution in [2.75, 3.05) is 10.6 Å². The maximum atomic E-state index is 13.2. The minimum Gasteiger partial charge on any atom is -0.325 e. The normalized spacial score (nSPS) is 10.7. The van der Waals surface area contributed by atoms with Gasteiger partial charge in [-0.05, 0) is 50.2 Å². The Balaban J connectivity index is 2.09. The Hall–Kier alpha value is -3.27. The van der Waals surface area contributed by atoms with Crippen LogP contribution >= 0.6 is 0 Å². The standard InChI is InChI=1S/C18H15F2N3O2/c1-18(2,16(24)22-12-5-3-11(10-21)4-6-12)17(25)23-13-7-8-14(19)15(20)9-13/h3-9H,1-2H3,(H,22,24)(H,23,25). The minimum absolute atomic E-state index is 0.0446. The number of nitrogens with one attached hydrogen (secondary N) is 2. The molecule has 7 heteroatoms. The molecule has 25 heavy (non-hydrogen) atoms. The number of hydrogen-bond acceptors (Lipinski definition) is 3. The molecule has 2 aromatic rings. The molecule has 2 N–H and O–H groups in total. The summed E-state index contributed by atoms with van der Waals surface area (Å²) in [6, 6.07) is 11.0. The summed E-state index contributed by atoms with van der Waals surface area (Å²) in [5.74, 6) is -3.39. The van der Waals surface area contributed by atoms with E-state index in [1.165, 1.54) is 32.0 Å². The molecule has 2 amide bonds. The van der Waals surface area contributed by atoms with Crippen molar-refractivity contribution in [3.8, 4) is 6.07 Å². The average molecular weight is 343 g/mol. The van der Waals surface area contributed by atoms with Crippen LogP contribution in [0.5, 0.6) is 0 Å². The van der Waals surface area contributed by atoms with Crippen molar-refractivity contribution >= 4 is 23.2 Å². The summed E-state index contributed by atoms with van der Waals surface area (Å²) in [5.41, 5.74) is -0.562. The van der Waals surface area contributed by atoms with Crippen LogP contribution in [0.4, 0.5) is 20.2 Å². The molecule has 0 aliphatic carbocycles. The predicted molar refractivity (Wildman–Crippen MR) is 88.6 cm³/mol. The van der Waals surface area contributed by atoms with E-state index in [0.717, 1.165) is 12.1 Å². The molecule has 0 atom stereocenters. The van der Waals surface area contributed by atoms with Crippen LogP contribution in [0.15, 0.2) is 42.5 Å². The number of anilines is 2. The fraction of sp³-hybridized carbons (Fsp3) is 0.167. The van der Waals surface area contributed by atoms with Gasteiger partial charge in [-0.15, -0.1) is 0 Å². The second kappa shape index (κ2) is 7.09. The Labute approximate surface area is 143 Å². The van der Waals surface area contributed by atoms with Gasteiger partial charge in [0.2, 0.25) is 11.8 Å². The maximum absolute atomic E-state index is 13.2. The van der Waals surface area contributed by atoms with Crippen molar-refractivity contribution in [3.63, 3.8) is 0 Å². The number of nitriles is 1. The number of nitrogens with zero attached hydrogens (tertiary/aromatic N) is 1. The Morgan fingerprint density at radius 3 is 1.96 bits per heavy atom. The molecule has 2 rings (SSSR count). The zero-order valence-electron chi connectivity index (χ0n) is 13.6. The highest BCUT2D eigenvalue weighted by Crippen LogP contribution is 2.22. The lowest BCUT2D eigenvalue weighted by Gasteiger charge is -2.22. The second-order valence-corrected chi connectivity index (χ2v) is 5.85. The minimum atomic E-state index is -1.47. The van der Waals surface area contributed by atoms with Crippen molar-refractivity contribution in [1.82, 2.24) is 0 Å². The van der Waals surface area contributed by atoms with Gasteiger partial charge in [0.05, 0.1) is 11.6 Å².